The first-order chi connectivity index (χ1) is 8.84. The zero-order valence-corrected chi connectivity index (χ0v) is 10.2. The monoisotopic (exact) mass is 272 g/mol. The Morgan fingerprint density at radius 3 is 2.63 bits per heavy atom. The molecule has 0 aliphatic rings. The fourth-order valence-electron chi connectivity index (χ4n) is 1.31. The number of amides is 2. The van der Waals surface area contributed by atoms with Crippen LogP contribution in [0.4, 0.5) is 14.5 Å². The number of halogens is 2. The number of hydrogen-bond acceptors (Lipinski definition) is 3. The summed E-state index contributed by atoms with van der Waals surface area (Å²) in [5.41, 5.74) is 0.536. The van der Waals surface area contributed by atoms with Gasteiger partial charge in [-0.15, -0.1) is 0 Å². The van der Waals surface area contributed by atoms with E-state index in [1.165, 1.54) is 25.1 Å². The summed E-state index contributed by atoms with van der Waals surface area (Å²) in [7, 11) is 0. The number of hydrogen-bond donors (Lipinski definition) is 3. The van der Waals surface area contributed by atoms with Crippen LogP contribution in [0.3, 0.4) is 0 Å². The number of carbonyl (C=O) groups is 2. The van der Waals surface area contributed by atoms with E-state index in [-0.39, 0.29) is 11.5 Å². The van der Waals surface area contributed by atoms with Gasteiger partial charge in [0, 0.05) is 18.2 Å². The fourth-order valence-corrected chi connectivity index (χ4v) is 1.31. The van der Waals surface area contributed by atoms with Gasteiger partial charge in [-0.25, -0.2) is 8.78 Å². The van der Waals surface area contributed by atoms with Crippen LogP contribution < -0.4 is 10.6 Å². The van der Waals surface area contributed by atoms with Crippen molar-refractivity contribution in [3.8, 4) is 0 Å². The lowest BCUT2D eigenvalue weighted by molar-refractivity contribution is -0.114. The number of rotatable bonds is 5. The van der Waals surface area contributed by atoms with E-state index < -0.39 is 25.0 Å². The molecule has 1 rings (SSSR count). The summed E-state index contributed by atoms with van der Waals surface area (Å²) >= 11 is 0. The normalized spacial score (nSPS) is 10.9. The Morgan fingerprint density at radius 1 is 1.37 bits per heavy atom. The molecular weight excluding hydrogens is 258 g/mol. The Labute approximate surface area is 108 Å². The number of alkyl halides is 2. The third-order valence-electron chi connectivity index (χ3n) is 2.18. The van der Waals surface area contributed by atoms with Gasteiger partial charge in [0.25, 0.3) is 11.8 Å². The van der Waals surface area contributed by atoms with Gasteiger partial charge in [0.2, 0.25) is 5.91 Å². The van der Waals surface area contributed by atoms with Crippen LogP contribution in [0.25, 0.3) is 0 Å². The molecule has 19 heavy (non-hydrogen) atoms. The van der Waals surface area contributed by atoms with Crippen LogP contribution in [0.5, 0.6) is 0 Å². The predicted molar refractivity (Wildman–Crippen MR) is 65.1 cm³/mol. The zero-order valence-electron chi connectivity index (χ0n) is 10.2. The molecule has 7 heteroatoms. The van der Waals surface area contributed by atoms with E-state index >= 15 is 0 Å². The average Bonchev–Trinajstić information content (AvgIpc) is 2.35. The minimum Gasteiger partial charge on any atom is -0.390 e. The first-order valence-corrected chi connectivity index (χ1v) is 5.48. The lowest BCUT2D eigenvalue weighted by atomic mass is 10.2. The molecule has 0 aromatic heterocycles. The van der Waals surface area contributed by atoms with E-state index in [9.17, 15) is 18.4 Å². The molecule has 0 heterocycles. The zero-order chi connectivity index (χ0) is 14.5. The molecule has 0 aliphatic carbocycles. The van der Waals surface area contributed by atoms with Gasteiger partial charge >= 0.3 is 0 Å². The largest absolute Gasteiger partial charge is 0.390 e. The van der Waals surface area contributed by atoms with Crippen LogP contribution in [0.2, 0.25) is 0 Å². The summed E-state index contributed by atoms with van der Waals surface area (Å²) in [6.45, 7) is -0.972. The summed E-state index contributed by atoms with van der Waals surface area (Å²) in [6, 6.07) is 5.89. The predicted octanol–water partition coefficient (Wildman–Crippen LogP) is 1.00. The van der Waals surface area contributed by atoms with Crippen molar-refractivity contribution in [2.75, 3.05) is 18.5 Å². The topological polar surface area (TPSA) is 78.4 Å². The molecule has 0 radical (unpaired) electrons. The van der Waals surface area contributed by atoms with Gasteiger partial charge in [-0.1, -0.05) is 6.07 Å². The highest BCUT2D eigenvalue weighted by atomic mass is 19.3. The van der Waals surface area contributed by atoms with E-state index in [1.807, 2.05) is 5.32 Å². The second-order valence-electron chi connectivity index (χ2n) is 3.96. The maximum Gasteiger partial charge on any atom is 0.287 e. The van der Waals surface area contributed by atoms with Crippen molar-refractivity contribution in [3.63, 3.8) is 0 Å². The standard InChI is InChI=1S/C12H14F2N2O3/c1-8(18)16-10-4-2-3-9(5-10)11(19)15-6-12(13,14)7-17/h2-5,17H,6-7H2,1H3,(H,15,19)(H,16,18). The Balaban J connectivity index is 2.69. The molecule has 3 N–H and O–H groups in total. The van der Waals surface area contributed by atoms with E-state index in [0.29, 0.717) is 5.69 Å². The third kappa shape index (κ3) is 5.01. The minimum atomic E-state index is -3.36. The van der Waals surface area contributed by atoms with Crippen LogP contribution in [0, 0.1) is 0 Å². The maximum absolute atomic E-state index is 12.8. The molecule has 104 valence electrons. The van der Waals surface area contributed by atoms with Crippen molar-refractivity contribution in [1.29, 1.82) is 0 Å². The quantitative estimate of drug-likeness (QED) is 0.748. The molecule has 5 nitrogen and oxygen atoms in total. The lowest BCUT2D eigenvalue weighted by Crippen LogP contribution is -2.38. The van der Waals surface area contributed by atoms with Gasteiger partial charge in [-0.2, -0.15) is 0 Å². The van der Waals surface area contributed by atoms with Gasteiger partial charge < -0.3 is 15.7 Å². The molecule has 1 aromatic rings. The van der Waals surface area contributed by atoms with Crippen LogP contribution in [-0.4, -0.2) is 36.0 Å². The van der Waals surface area contributed by atoms with Crippen LogP contribution in [0.15, 0.2) is 24.3 Å². The Hall–Kier alpha value is -2.02. The van der Waals surface area contributed by atoms with Gasteiger partial charge in [-0.05, 0) is 18.2 Å². The van der Waals surface area contributed by atoms with E-state index in [0.717, 1.165) is 0 Å². The summed E-state index contributed by atoms with van der Waals surface area (Å²) in [4.78, 5) is 22.5. The molecule has 2 amide bonds. The van der Waals surface area contributed by atoms with Gasteiger partial charge in [-0.3, -0.25) is 9.59 Å². The first-order valence-electron chi connectivity index (χ1n) is 5.48. The second kappa shape index (κ2) is 6.24. The van der Waals surface area contributed by atoms with Crippen molar-refractivity contribution in [1.82, 2.24) is 5.32 Å². The number of benzene rings is 1. The molecular formula is C12H14F2N2O3. The number of carbonyl (C=O) groups excluding carboxylic acids is 2. The molecule has 1 aromatic carbocycles. The highest BCUT2D eigenvalue weighted by Crippen LogP contribution is 2.12. The maximum atomic E-state index is 12.8. The fraction of sp³-hybridized carbons (Fsp3) is 0.333. The summed E-state index contributed by atoms with van der Waals surface area (Å²) < 4.78 is 25.5. The van der Waals surface area contributed by atoms with Crippen LogP contribution in [0.1, 0.15) is 17.3 Å². The highest BCUT2D eigenvalue weighted by Gasteiger charge is 2.28. The lowest BCUT2D eigenvalue weighted by Gasteiger charge is -2.14. The van der Waals surface area contributed by atoms with Crippen LogP contribution >= 0.6 is 0 Å². The molecule has 0 unspecified atom stereocenters. The molecule has 0 aliphatic heterocycles. The van der Waals surface area contributed by atoms with Crippen molar-refractivity contribution >= 4 is 17.5 Å². The first kappa shape index (κ1) is 15.0. The van der Waals surface area contributed by atoms with Gasteiger partial charge in [0.15, 0.2) is 0 Å². The Bertz CT molecular complexity index is 478. The second-order valence-corrected chi connectivity index (χ2v) is 3.96. The van der Waals surface area contributed by atoms with E-state index in [4.69, 9.17) is 5.11 Å². The van der Waals surface area contributed by atoms with Crippen molar-refractivity contribution in [3.05, 3.63) is 29.8 Å². The van der Waals surface area contributed by atoms with E-state index in [2.05, 4.69) is 5.32 Å². The highest BCUT2D eigenvalue weighted by molar-refractivity contribution is 5.96. The smallest absolute Gasteiger partial charge is 0.287 e. The summed E-state index contributed by atoms with van der Waals surface area (Å²) in [5.74, 6) is -4.37. The third-order valence-corrected chi connectivity index (χ3v) is 2.18. The molecule has 0 saturated carbocycles. The van der Waals surface area contributed by atoms with Crippen molar-refractivity contribution < 1.29 is 23.5 Å². The minimum absolute atomic E-state index is 0.139. The summed E-state index contributed by atoms with van der Waals surface area (Å²) in [5, 5.41) is 12.9. The molecule has 0 saturated heterocycles. The number of anilines is 1. The molecule has 0 bridgehead atoms. The van der Waals surface area contributed by atoms with Gasteiger partial charge in [0.1, 0.15) is 6.61 Å². The average molecular weight is 272 g/mol. The molecule has 0 spiro atoms. The van der Waals surface area contributed by atoms with Crippen molar-refractivity contribution in [2.24, 2.45) is 0 Å². The Kier molecular flexibility index (Phi) is 4.94. The van der Waals surface area contributed by atoms with Gasteiger partial charge in [0.05, 0.1) is 6.54 Å². The summed E-state index contributed by atoms with van der Waals surface area (Å²) in [6.07, 6.45) is 0. The molecule has 0 fully saturated rings. The van der Waals surface area contributed by atoms with Crippen molar-refractivity contribution in [2.45, 2.75) is 12.8 Å². The number of nitrogens with one attached hydrogen (secondary N) is 2. The number of aliphatic hydroxyl groups excluding tert-OH is 1. The number of aliphatic hydroxyl groups is 1. The van der Waals surface area contributed by atoms with E-state index in [1.54, 1.807) is 6.07 Å². The Morgan fingerprint density at radius 2 is 2.05 bits per heavy atom. The van der Waals surface area contributed by atoms with Crippen LogP contribution in [-0.2, 0) is 4.79 Å². The SMILES string of the molecule is CC(=O)Nc1cccc(C(=O)NCC(F)(F)CO)c1. The molecule has 0 atom stereocenters.